The molecule has 0 fully saturated rings. The molecular formula is C16H17N3O4. The van der Waals surface area contributed by atoms with Crippen molar-refractivity contribution in [3.05, 3.63) is 63.7 Å². The third kappa shape index (κ3) is 3.97. The summed E-state index contributed by atoms with van der Waals surface area (Å²) in [5, 5.41) is 14.3. The van der Waals surface area contributed by atoms with E-state index >= 15 is 0 Å². The number of para-hydroxylation sites is 2. The van der Waals surface area contributed by atoms with Gasteiger partial charge in [-0.05, 0) is 31.2 Å². The maximum atomic E-state index is 11.2. The molecule has 0 atom stereocenters. The Hall–Kier alpha value is -3.09. The summed E-state index contributed by atoms with van der Waals surface area (Å²) in [4.78, 5) is 21.8. The van der Waals surface area contributed by atoms with Crippen molar-refractivity contribution in [3.63, 3.8) is 0 Å². The van der Waals surface area contributed by atoms with E-state index in [1.807, 2.05) is 31.2 Å². The van der Waals surface area contributed by atoms with Gasteiger partial charge < -0.3 is 15.8 Å². The van der Waals surface area contributed by atoms with Crippen molar-refractivity contribution in [1.29, 1.82) is 0 Å². The summed E-state index contributed by atoms with van der Waals surface area (Å²) in [5.41, 5.74) is 6.30. The number of nitro groups is 1. The lowest BCUT2D eigenvalue weighted by atomic mass is 10.1. The Morgan fingerprint density at radius 2 is 2.04 bits per heavy atom. The molecule has 0 saturated heterocycles. The SMILES string of the molecule is CCOc1ccccc1NCc1ccc(C(N)=O)cc1[N+](=O)[O-]. The zero-order valence-corrected chi connectivity index (χ0v) is 12.6. The van der Waals surface area contributed by atoms with Gasteiger partial charge >= 0.3 is 0 Å². The van der Waals surface area contributed by atoms with E-state index in [0.29, 0.717) is 17.9 Å². The lowest BCUT2D eigenvalue weighted by Crippen LogP contribution is -2.12. The van der Waals surface area contributed by atoms with Crippen molar-refractivity contribution < 1.29 is 14.5 Å². The van der Waals surface area contributed by atoms with Gasteiger partial charge in [0, 0.05) is 23.7 Å². The number of hydrogen-bond acceptors (Lipinski definition) is 5. The molecule has 1 amide bonds. The topological polar surface area (TPSA) is 107 Å². The number of anilines is 1. The molecule has 2 rings (SSSR count). The Bertz CT molecular complexity index is 731. The highest BCUT2D eigenvalue weighted by Crippen LogP contribution is 2.26. The van der Waals surface area contributed by atoms with Gasteiger partial charge in [-0.1, -0.05) is 12.1 Å². The molecule has 0 unspecified atom stereocenters. The first kappa shape index (κ1) is 16.3. The predicted molar refractivity (Wildman–Crippen MR) is 86.6 cm³/mol. The molecule has 0 aliphatic rings. The molecule has 0 saturated carbocycles. The standard InChI is InChI=1S/C16H17N3O4/c1-2-23-15-6-4-3-5-13(15)18-10-12-8-7-11(16(17)20)9-14(12)19(21)22/h3-9,18H,2,10H2,1H3,(H2,17,20). The number of nitrogens with two attached hydrogens (primary N) is 1. The highest BCUT2D eigenvalue weighted by atomic mass is 16.6. The zero-order chi connectivity index (χ0) is 16.8. The summed E-state index contributed by atoms with van der Waals surface area (Å²) >= 11 is 0. The minimum atomic E-state index is -0.700. The highest BCUT2D eigenvalue weighted by molar-refractivity contribution is 5.93. The number of rotatable bonds is 7. The molecule has 2 aromatic rings. The Morgan fingerprint density at radius 1 is 1.30 bits per heavy atom. The van der Waals surface area contributed by atoms with E-state index in [-0.39, 0.29) is 17.8 Å². The first-order valence-electron chi connectivity index (χ1n) is 7.05. The van der Waals surface area contributed by atoms with Gasteiger partial charge in [0.15, 0.2) is 0 Å². The molecule has 0 spiro atoms. The molecule has 0 aliphatic heterocycles. The second kappa shape index (κ2) is 7.26. The van der Waals surface area contributed by atoms with Crippen molar-refractivity contribution in [3.8, 4) is 5.75 Å². The molecule has 120 valence electrons. The lowest BCUT2D eigenvalue weighted by Gasteiger charge is -2.12. The minimum Gasteiger partial charge on any atom is -0.492 e. The van der Waals surface area contributed by atoms with Gasteiger partial charge in [-0.25, -0.2) is 0 Å². The van der Waals surface area contributed by atoms with E-state index in [2.05, 4.69) is 5.32 Å². The van der Waals surface area contributed by atoms with E-state index in [0.717, 1.165) is 5.69 Å². The lowest BCUT2D eigenvalue weighted by molar-refractivity contribution is -0.385. The number of carbonyl (C=O) groups is 1. The fourth-order valence-electron chi connectivity index (χ4n) is 2.12. The smallest absolute Gasteiger partial charge is 0.275 e. The quantitative estimate of drug-likeness (QED) is 0.603. The van der Waals surface area contributed by atoms with E-state index in [1.165, 1.54) is 18.2 Å². The molecule has 0 aliphatic carbocycles. The van der Waals surface area contributed by atoms with Gasteiger partial charge in [0.1, 0.15) is 5.75 Å². The van der Waals surface area contributed by atoms with Gasteiger partial charge in [-0.2, -0.15) is 0 Å². The maximum Gasteiger partial charge on any atom is 0.275 e. The van der Waals surface area contributed by atoms with E-state index < -0.39 is 10.8 Å². The van der Waals surface area contributed by atoms with Gasteiger partial charge in [-0.15, -0.1) is 0 Å². The van der Waals surface area contributed by atoms with Gasteiger partial charge in [0.25, 0.3) is 5.69 Å². The average molecular weight is 315 g/mol. The summed E-state index contributed by atoms with van der Waals surface area (Å²) in [7, 11) is 0. The maximum absolute atomic E-state index is 11.2. The Labute approximate surface area is 133 Å². The first-order valence-corrected chi connectivity index (χ1v) is 7.05. The van der Waals surface area contributed by atoms with Crippen LogP contribution in [0.3, 0.4) is 0 Å². The van der Waals surface area contributed by atoms with Crippen molar-refractivity contribution in [2.24, 2.45) is 5.73 Å². The molecule has 2 aromatic carbocycles. The predicted octanol–water partition coefficient (Wildman–Crippen LogP) is 2.70. The fraction of sp³-hybridized carbons (Fsp3) is 0.188. The monoisotopic (exact) mass is 315 g/mol. The third-order valence-electron chi connectivity index (χ3n) is 3.22. The normalized spacial score (nSPS) is 10.1. The van der Waals surface area contributed by atoms with Crippen LogP contribution in [0, 0.1) is 10.1 Å². The van der Waals surface area contributed by atoms with Crippen LogP contribution in [0.2, 0.25) is 0 Å². The molecule has 7 heteroatoms. The number of nitrogens with one attached hydrogen (secondary N) is 1. The Balaban J connectivity index is 2.24. The summed E-state index contributed by atoms with van der Waals surface area (Å²) in [6.07, 6.45) is 0. The molecule has 0 aromatic heterocycles. The second-order valence-electron chi connectivity index (χ2n) is 4.75. The molecule has 3 N–H and O–H groups in total. The van der Waals surface area contributed by atoms with Crippen molar-refractivity contribution in [2.45, 2.75) is 13.5 Å². The van der Waals surface area contributed by atoms with Gasteiger partial charge in [0.05, 0.1) is 17.2 Å². The van der Waals surface area contributed by atoms with Crippen LogP contribution in [0.25, 0.3) is 0 Å². The Kier molecular flexibility index (Phi) is 5.14. The largest absolute Gasteiger partial charge is 0.492 e. The van der Waals surface area contributed by atoms with Crippen LogP contribution in [0.5, 0.6) is 5.75 Å². The van der Waals surface area contributed by atoms with Crippen molar-refractivity contribution >= 4 is 17.3 Å². The highest BCUT2D eigenvalue weighted by Gasteiger charge is 2.16. The van der Waals surface area contributed by atoms with Crippen LogP contribution in [-0.4, -0.2) is 17.4 Å². The zero-order valence-electron chi connectivity index (χ0n) is 12.6. The first-order chi connectivity index (χ1) is 11.0. The number of nitro benzene ring substituents is 1. The second-order valence-corrected chi connectivity index (χ2v) is 4.75. The number of primary amides is 1. The van der Waals surface area contributed by atoms with Crippen LogP contribution in [0.4, 0.5) is 11.4 Å². The fourth-order valence-corrected chi connectivity index (χ4v) is 2.12. The van der Waals surface area contributed by atoms with E-state index in [1.54, 1.807) is 0 Å². The van der Waals surface area contributed by atoms with Gasteiger partial charge in [-0.3, -0.25) is 14.9 Å². The van der Waals surface area contributed by atoms with Crippen LogP contribution < -0.4 is 15.8 Å². The van der Waals surface area contributed by atoms with Crippen LogP contribution >= 0.6 is 0 Å². The summed E-state index contributed by atoms with van der Waals surface area (Å²) in [6.45, 7) is 2.62. The number of amides is 1. The number of carbonyl (C=O) groups excluding carboxylic acids is 1. The number of hydrogen-bond donors (Lipinski definition) is 2. The van der Waals surface area contributed by atoms with Crippen molar-refractivity contribution in [2.75, 3.05) is 11.9 Å². The number of nitrogens with zero attached hydrogens (tertiary/aromatic N) is 1. The number of benzene rings is 2. The third-order valence-corrected chi connectivity index (χ3v) is 3.22. The average Bonchev–Trinajstić information content (AvgIpc) is 2.54. The van der Waals surface area contributed by atoms with Gasteiger partial charge in [0.2, 0.25) is 5.91 Å². The van der Waals surface area contributed by atoms with Crippen LogP contribution in [0.1, 0.15) is 22.8 Å². The Morgan fingerprint density at radius 3 is 2.70 bits per heavy atom. The van der Waals surface area contributed by atoms with Crippen molar-refractivity contribution in [1.82, 2.24) is 0 Å². The molecule has 7 nitrogen and oxygen atoms in total. The summed E-state index contributed by atoms with van der Waals surface area (Å²) < 4.78 is 5.50. The van der Waals surface area contributed by atoms with E-state index in [4.69, 9.17) is 10.5 Å². The molecule has 23 heavy (non-hydrogen) atoms. The molecule has 0 heterocycles. The molecular weight excluding hydrogens is 298 g/mol. The van der Waals surface area contributed by atoms with E-state index in [9.17, 15) is 14.9 Å². The van der Waals surface area contributed by atoms with Crippen LogP contribution in [0.15, 0.2) is 42.5 Å². The number of ether oxygens (including phenoxy) is 1. The van der Waals surface area contributed by atoms with Crippen LogP contribution in [-0.2, 0) is 6.54 Å². The minimum absolute atomic E-state index is 0.107. The summed E-state index contributed by atoms with van der Waals surface area (Å²) in [5.74, 6) is -0.0271. The summed E-state index contributed by atoms with van der Waals surface area (Å²) in [6, 6.07) is 11.5. The molecule has 0 bridgehead atoms. The molecule has 0 radical (unpaired) electrons.